The molecule has 4 aliphatic rings. The maximum absolute atomic E-state index is 2.59. The molecule has 0 saturated heterocycles. The Labute approximate surface area is 379 Å². The first-order valence-corrected chi connectivity index (χ1v) is 24.1. The predicted molar refractivity (Wildman–Crippen MR) is 272 cm³/mol. The van der Waals surface area contributed by atoms with Crippen molar-refractivity contribution in [2.75, 3.05) is 4.90 Å². The van der Waals surface area contributed by atoms with E-state index in [4.69, 9.17) is 0 Å². The first-order chi connectivity index (χ1) is 31.5. The van der Waals surface area contributed by atoms with E-state index in [-0.39, 0.29) is 10.8 Å². The van der Waals surface area contributed by atoms with Crippen molar-refractivity contribution in [2.45, 2.75) is 50.4 Å². The lowest BCUT2D eigenvalue weighted by molar-refractivity contribution is 0.327. The van der Waals surface area contributed by atoms with Crippen LogP contribution in [0.1, 0.15) is 61.8 Å². The Morgan fingerprint density at radius 2 is 1.11 bits per heavy atom. The van der Waals surface area contributed by atoms with Gasteiger partial charge in [0.2, 0.25) is 0 Å². The zero-order valence-electron chi connectivity index (χ0n) is 36.2. The van der Waals surface area contributed by atoms with Crippen molar-refractivity contribution in [3.63, 3.8) is 0 Å². The fourth-order valence-corrected chi connectivity index (χ4v) is 14.7. The molecule has 2 heteroatoms. The zero-order chi connectivity index (χ0) is 42.3. The van der Waals surface area contributed by atoms with E-state index in [2.05, 4.69) is 207 Å². The van der Waals surface area contributed by atoms with Gasteiger partial charge in [-0.1, -0.05) is 166 Å². The monoisotopic (exact) mass is 837 g/mol. The maximum Gasteiger partial charge on any atom is 0.0465 e. The van der Waals surface area contributed by atoms with Crippen LogP contribution in [0.15, 0.2) is 188 Å². The molecule has 2 bridgehead atoms. The van der Waals surface area contributed by atoms with Crippen LogP contribution in [0, 0.1) is 11.8 Å². The van der Waals surface area contributed by atoms with E-state index in [1.807, 2.05) is 11.3 Å². The van der Waals surface area contributed by atoms with Gasteiger partial charge in [-0.05, 0) is 151 Å². The minimum atomic E-state index is -0.0833. The quantitative estimate of drug-likeness (QED) is 0.167. The summed E-state index contributed by atoms with van der Waals surface area (Å²) in [6.07, 6.45) is 5.35. The molecule has 1 heterocycles. The van der Waals surface area contributed by atoms with Crippen LogP contribution in [0.25, 0.3) is 75.5 Å². The number of benzene rings is 9. The molecular weight excluding hydrogens is 791 g/mol. The number of fused-ring (bicyclic) bond motifs is 16. The van der Waals surface area contributed by atoms with Crippen LogP contribution in [0.2, 0.25) is 0 Å². The van der Waals surface area contributed by atoms with Crippen molar-refractivity contribution in [3.8, 4) is 44.5 Å². The molecule has 9 aromatic carbocycles. The van der Waals surface area contributed by atoms with Gasteiger partial charge in [0.05, 0.1) is 0 Å². The summed E-state index contributed by atoms with van der Waals surface area (Å²) in [5.41, 5.74) is 20.2. The minimum Gasteiger partial charge on any atom is -0.310 e. The van der Waals surface area contributed by atoms with Crippen LogP contribution in [-0.2, 0) is 10.8 Å². The second-order valence-electron chi connectivity index (χ2n) is 19.6. The van der Waals surface area contributed by atoms with Gasteiger partial charge in [-0.3, -0.25) is 0 Å². The van der Waals surface area contributed by atoms with Crippen LogP contribution in [0.4, 0.5) is 17.1 Å². The Hall–Kier alpha value is -6.74. The van der Waals surface area contributed by atoms with Gasteiger partial charge in [0.15, 0.2) is 0 Å². The summed E-state index contributed by atoms with van der Waals surface area (Å²) in [4.78, 5) is 2.51. The van der Waals surface area contributed by atoms with Gasteiger partial charge in [0, 0.05) is 48.1 Å². The van der Waals surface area contributed by atoms with E-state index in [0.717, 1.165) is 5.92 Å². The van der Waals surface area contributed by atoms with Gasteiger partial charge in [0.1, 0.15) is 0 Å². The Kier molecular flexibility index (Phi) is 7.68. The average molecular weight is 838 g/mol. The van der Waals surface area contributed by atoms with Crippen molar-refractivity contribution in [2.24, 2.45) is 11.8 Å². The molecule has 0 radical (unpaired) electrons. The van der Waals surface area contributed by atoms with Gasteiger partial charge in [-0.15, -0.1) is 11.3 Å². The summed E-state index contributed by atoms with van der Waals surface area (Å²) in [5.74, 6) is 1.53. The SMILES string of the molecule is CC1(C)c2ccccc2-c2cccc(-c3ccc(N(c4ccc(-c5cccc6sc7c8ccccc8ccc7c56)cc4)c4ccc5c(c4)C4(CC6CCC4C6)c4ccccc4-5)cc3)c21. The van der Waals surface area contributed by atoms with E-state index in [1.54, 1.807) is 11.1 Å². The molecule has 10 aromatic rings. The van der Waals surface area contributed by atoms with Crippen molar-refractivity contribution in [3.05, 3.63) is 210 Å². The van der Waals surface area contributed by atoms with Crippen molar-refractivity contribution in [1.29, 1.82) is 0 Å². The lowest BCUT2D eigenvalue weighted by Gasteiger charge is -2.37. The molecule has 2 fully saturated rings. The normalized spacial score (nSPS) is 19.7. The summed E-state index contributed by atoms with van der Waals surface area (Å²) in [5, 5.41) is 5.32. The summed E-state index contributed by atoms with van der Waals surface area (Å²) in [7, 11) is 0. The number of anilines is 3. The van der Waals surface area contributed by atoms with Crippen LogP contribution >= 0.6 is 11.3 Å². The van der Waals surface area contributed by atoms with Gasteiger partial charge in [0.25, 0.3) is 0 Å². The maximum atomic E-state index is 2.59. The van der Waals surface area contributed by atoms with Gasteiger partial charge >= 0.3 is 0 Å². The molecule has 14 rings (SSSR count). The smallest absolute Gasteiger partial charge is 0.0465 e. The average Bonchev–Trinajstić information content (AvgIpc) is 4.16. The molecule has 1 spiro atoms. The first-order valence-electron chi connectivity index (χ1n) is 23.3. The molecule has 1 aromatic heterocycles. The molecule has 3 atom stereocenters. The second kappa shape index (κ2) is 13.4. The summed E-state index contributed by atoms with van der Waals surface area (Å²) < 4.78 is 2.70. The largest absolute Gasteiger partial charge is 0.310 e. The molecule has 0 amide bonds. The van der Waals surface area contributed by atoms with E-state index < -0.39 is 0 Å². The fourth-order valence-electron chi connectivity index (χ4n) is 13.4. The van der Waals surface area contributed by atoms with Crippen molar-refractivity contribution >= 4 is 59.3 Å². The lowest BCUT2D eigenvalue weighted by Crippen LogP contribution is -2.32. The Morgan fingerprint density at radius 3 is 1.88 bits per heavy atom. The van der Waals surface area contributed by atoms with Gasteiger partial charge < -0.3 is 4.90 Å². The number of rotatable bonds is 5. The highest BCUT2D eigenvalue weighted by molar-refractivity contribution is 7.26. The third-order valence-corrected chi connectivity index (χ3v) is 17.3. The number of thiophene rings is 1. The summed E-state index contributed by atoms with van der Waals surface area (Å²) >= 11 is 1.91. The van der Waals surface area contributed by atoms with E-state index in [0.29, 0.717) is 5.92 Å². The molecular formula is C62H47NS. The standard InChI is InChI=1S/C62H47NS/c1-61(2)54-18-7-5-14-50(54)52-17-9-16-47(59(52)61)41-24-30-44(31-25-41)63(45-32-34-51-49-13-6-8-19-55(49)62(56(51)36-45)37-38-21-27-42(62)35-38)43-28-22-40(23-29-43)46-15-10-20-57-58(46)53-33-26-39-11-3-4-12-48(39)60(53)64-57/h3-20,22-26,28-34,36,38,42H,21,27,35,37H2,1-2H3. The number of nitrogens with zero attached hydrogens (tertiary/aromatic N) is 1. The second-order valence-corrected chi connectivity index (χ2v) is 20.7. The number of hydrogen-bond donors (Lipinski definition) is 0. The third-order valence-electron chi connectivity index (χ3n) is 16.1. The molecule has 0 aliphatic heterocycles. The molecule has 0 N–H and O–H groups in total. The third kappa shape index (κ3) is 5.01. The van der Waals surface area contributed by atoms with Crippen LogP contribution in [0.5, 0.6) is 0 Å². The summed E-state index contributed by atoms with van der Waals surface area (Å²) in [6.45, 7) is 4.78. The lowest BCUT2D eigenvalue weighted by atomic mass is 9.67. The molecule has 3 unspecified atom stereocenters. The van der Waals surface area contributed by atoms with Crippen molar-refractivity contribution < 1.29 is 0 Å². The van der Waals surface area contributed by atoms with E-state index in [9.17, 15) is 0 Å². The van der Waals surface area contributed by atoms with Crippen molar-refractivity contribution in [1.82, 2.24) is 0 Å². The molecule has 1 nitrogen and oxygen atoms in total. The van der Waals surface area contributed by atoms with E-state index in [1.165, 1.54) is 129 Å². The zero-order valence-corrected chi connectivity index (χ0v) is 37.1. The van der Waals surface area contributed by atoms with Crippen LogP contribution in [0.3, 0.4) is 0 Å². The van der Waals surface area contributed by atoms with Crippen LogP contribution < -0.4 is 4.90 Å². The topological polar surface area (TPSA) is 3.24 Å². The minimum absolute atomic E-state index is 0.0833. The Balaban J connectivity index is 0.912. The molecule has 4 aliphatic carbocycles. The predicted octanol–water partition coefficient (Wildman–Crippen LogP) is 17.4. The molecule has 306 valence electrons. The van der Waals surface area contributed by atoms with Crippen LogP contribution in [-0.4, -0.2) is 0 Å². The molecule has 2 saturated carbocycles. The fraction of sp³-hybridized carbons (Fsp3) is 0.161. The first kappa shape index (κ1) is 36.7. The highest BCUT2D eigenvalue weighted by atomic mass is 32.1. The Bertz CT molecular complexity index is 3550. The van der Waals surface area contributed by atoms with E-state index >= 15 is 0 Å². The number of hydrogen-bond acceptors (Lipinski definition) is 2. The van der Waals surface area contributed by atoms with Gasteiger partial charge in [-0.2, -0.15) is 0 Å². The summed E-state index contributed by atoms with van der Waals surface area (Å²) in [6, 6.07) is 71.7. The molecule has 64 heavy (non-hydrogen) atoms. The Morgan fingerprint density at radius 1 is 0.484 bits per heavy atom. The highest BCUT2D eigenvalue weighted by Crippen LogP contribution is 2.66. The highest BCUT2D eigenvalue weighted by Gasteiger charge is 2.56. The van der Waals surface area contributed by atoms with Gasteiger partial charge in [-0.25, -0.2) is 0 Å².